The third-order valence-corrected chi connectivity index (χ3v) is 6.85. The first-order valence-electron chi connectivity index (χ1n) is 8.36. The Morgan fingerprint density at radius 3 is 2.85 bits per heavy atom. The molecule has 1 saturated heterocycles. The molecule has 0 aliphatic carbocycles. The van der Waals surface area contributed by atoms with Crippen LogP contribution >= 0.6 is 0 Å². The van der Waals surface area contributed by atoms with Crippen LogP contribution in [0.15, 0.2) is 33.7 Å². The van der Waals surface area contributed by atoms with Crippen LogP contribution in [-0.4, -0.2) is 38.7 Å². The molecule has 9 heteroatoms. The van der Waals surface area contributed by atoms with Gasteiger partial charge in [-0.25, -0.2) is 0 Å². The molecule has 2 aliphatic rings. The standard InChI is InChI=1S/C17H19N3O5S/c1-11-15(12(2)25-19-11)26(22,23)20-9-5-8-17(10-20)18-16(21)13-6-3-4-7-14(13)24-17/h3-4,6-7H,5,8-10H2,1-2H3,(H-,18,21,22,23). The third kappa shape index (κ3) is 2.63. The van der Waals surface area contributed by atoms with Crippen LogP contribution in [0, 0.1) is 13.8 Å². The molecule has 2 aliphatic heterocycles. The predicted octanol–water partition coefficient (Wildman–Crippen LogP) is 1.81. The van der Waals surface area contributed by atoms with Crippen LogP contribution in [0.4, 0.5) is 0 Å². The minimum atomic E-state index is -3.80. The number of rotatable bonds is 2. The van der Waals surface area contributed by atoms with Gasteiger partial charge < -0.3 is 19.1 Å². The number of aryl methyl sites for hydroxylation is 2. The highest BCUT2D eigenvalue weighted by molar-refractivity contribution is 7.95. The van der Waals surface area contributed by atoms with E-state index in [1.807, 2.05) is 0 Å². The van der Waals surface area contributed by atoms with E-state index in [1.54, 1.807) is 38.1 Å². The lowest BCUT2D eigenvalue weighted by molar-refractivity contribution is -0.0193. The summed E-state index contributed by atoms with van der Waals surface area (Å²) in [5, 5.41) is 6.60. The highest BCUT2D eigenvalue weighted by atomic mass is 32.3. The number of hydrogen-bond acceptors (Lipinski definition) is 6. The monoisotopic (exact) mass is 377 g/mol. The van der Waals surface area contributed by atoms with Crippen LogP contribution in [-0.2, 0) is 14.6 Å². The Bertz CT molecular complexity index is 907. The minimum absolute atomic E-state index is 0.0272. The first-order chi connectivity index (χ1) is 12.3. The molecule has 1 amide bonds. The number of para-hydroxylation sites is 1. The van der Waals surface area contributed by atoms with Gasteiger partial charge in [-0.3, -0.25) is 4.79 Å². The zero-order chi connectivity index (χ0) is 18.5. The Morgan fingerprint density at radius 2 is 2.12 bits per heavy atom. The second-order valence-corrected chi connectivity index (χ2v) is 8.52. The van der Waals surface area contributed by atoms with Gasteiger partial charge in [-0.1, -0.05) is 21.5 Å². The fourth-order valence-corrected chi connectivity index (χ4v) is 5.42. The number of amides is 1. The number of carbonyl (C=O) groups excluding carboxylic acids is 1. The van der Waals surface area contributed by atoms with Gasteiger partial charge in [0.15, 0.2) is 21.9 Å². The van der Waals surface area contributed by atoms with Crippen molar-refractivity contribution in [3.8, 4) is 5.75 Å². The number of nitrogens with zero attached hydrogens (tertiary/aromatic N) is 2. The average Bonchev–Trinajstić information content (AvgIpc) is 2.94. The van der Waals surface area contributed by atoms with Gasteiger partial charge in [0.1, 0.15) is 18.0 Å². The highest BCUT2D eigenvalue weighted by Gasteiger charge is 2.49. The fraction of sp³-hybridized carbons (Fsp3) is 0.412. The highest BCUT2D eigenvalue weighted by Crippen LogP contribution is 2.36. The molecular weight excluding hydrogens is 358 g/mol. The van der Waals surface area contributed by atoms with Crippen molar-refractivity contribution in [1.82, 2.24) is 14.8 Å². The molecule has 0 radical (unpaired) electrons. The maximum atomic E-state index is 13.1. The summed E-state index contributed by atoms with van der Waals surface area (Å²) in [5.74, 6) is 0.456. The fourth-order valence-electron chi connectivity index (χ4n) is 3.60. The van der Waals surface area contributed by atoms with Gasteiger partial charge in [0.05, 0.1) is 5.56 Å². The summed E-state index contributed by atoms with van der Waals surface area (Å²) in [6.45, 7) is 3.54. The SMILES string of the molecule is Cc1noc(C)c1[S+](=O)([O-])N1CCCC2(C1)NC(=O)c1ccccc1O2. The minimum Gasteiger partial charge on any atom is -0.593 e. The first-order valence-corrected chi connectivity index (χ1v) is 9.80. The number of ether oxygens (including phenoxy) is 1. The molecule has 3 heterocycles. The third-order valence-electron chi connectivity index (χ3n) is 4.76. The second kappa shape index (κ2) is 5.90. The zero-order valence-electron chi connectivity index (χ0n) is 14.5. The van der Waals surface area contributed by atoms with Crippen molar-refractivity contribution < 1.29 is 22.8 Å². The van der Waals surface area contributed by atoms with Gasteiger partial charge in [-0.2, -0.15) is 0 Å². The van der Waals surface area contributed by atoms with Gasteiger partial charge in [0.25, 0.3) is 5.91 Å². The molecule has 1 aromatic carbocycles. The summed E-state index contributed by atoms with van der Waals surface area (Å²) in [6.07, 6.45) is 1.09. The molecule has 0 bridgehead atoms. The lowest BCUT2D eigenvalue weighted by Gasteiger charge is -2.45. The van der Waals surface area contributed by atoms with Crippen LogP contribution in [0.1, 0.15) is 34.7 Å². The van der Waals surface area contributed by atoms with E-state index < -0.39 is 16.1 Å². The normalized spacial score (nSPS) is 25.3. The number of carbonyl (C=O) groups is 1. The van der Waals surface area contributed by atoms with Crippen molar-refractivity contribution >= 4 is 16.3 Å². The molecule has 4 rings (SSSR count). The van der Waals surface area contributed by atoms with E-state index in [9.17, 15) is 13.6 Å². The Hall–Kier alpha value is -2.23. The number of nitrogens with one attached hydrogen (secondary N) is 1. The summed E-state index contributed by atoms with van der Waals surface area (Å²) >= 11 is 0. The molecular formula is C17H19N3O5S. The van der Waals surface area contributed by atoms with Crippen molar-refractivity contribution in [1.29, 1.82) is 0 Å². The van der Waals surface area contributed by atoms with Crippen molar-refractivity contribution in [2.75, 3.05) is 13.1 Å². The number of piperidine rings is 1. The topological polar surface area (TPSA) is 108 Å². The molecule has 2 aromatic rings. The molecule has 1 N–H and O–H groups in total. The Balaban J connectivity index is 1.67. The Morgan fingerprint density at radius 1 is 1.35 bits per heavy atom. The molecule has 26 heavy (non-hydrogen) atoms. The van der Waals surface area contributed by atoms with Crippen molar-refractivity contribution in [2.45, 2.75) is 37.3 Å². The molecule has 8 nitrogen and oxygen atoms in total. The Labute approximate surface area is 151 Å². The van der Waals surface area contributed by atoms with E-state index in [-0.39, 0.29) is 23.1 Å². The van der Waals surface area contributed by atoms with E-state index >= 15 is 0 Å². The van der Waals surface area contributed by atoms with E-state index in [2.05, 4.69) is 10.5 Å². The molecule has 2 unspecified atom stereocenters. The lowest BCUT2D eigenvalue weighted by atomic mass is 9.99. The number of sulfonamides is 1. The molecule has 1 aromatic heterocycles. The van der Waals surface area contributed by atoms with Crippen molar-refractivity contribution in [3.05, 3.63) is 41.3 Å². The van der Waals surface area contributed by atoms with Crippen molar-refractivity contribution in [3.63, 3.8) is 0 Å². The number of hydrogen-bond donors (Lipinski definition) is 1. The molecule has 1 fully saturated rings. The smallest absolute Gasteiger partial charge is 0.258 e. The molecule has 1 spiro atoms. The Kier molecular flexibility index (Phi) is 3.90. The predicted molar refractivity (Wildman–Crippen MR) is 91.1 cm³/mol. The number of benzene rings is 1. The van der Waals surface area contributed by atoms with Gasteiger partial charge in [-0.15, -0.1) is 4.31 Å². The van der Waals surface area contributed by atoms with Crippen LogP contribution in [0.25, 0.3) is 0 Å². The second-order valence-electron chi connectivity index (χ2n) is 6.64. The zero-order valence-corrected chi connectivity index (χ0v) is 15.3. The quantitative estimate of drug-likeness (QED) is 0.800. The van der Waals surface area contributed by atoms with Gasteiger partial charge >= 0.3 is 0 Å². The number of aromatic nitrogens is 1. The van der Waals surface area contributed by atoms with Crippen molar-refractivity contribution in [2.24, 2.45) is 0 Å². The molecule has 2 atom stereocenters. The number of fused-ring (bicyclic) bond motifs is 1. The van der Waals surface area contributed by atoms with Crippen LogP contribution < -0.4 is 10.1 Å². The lowest BCUT2D eigenvalue weighted by Crippen LogP contribution is -2.65. The maximum Gasteiger partial charge on any atom is 0.258 e. The van der Waals surface area contributed by atoms with Crippen LogP contribution in [0.2, 0.25) is 0 Å². The van der Waals surface area contributed by atoms with Crippen LogP contribution in [0.3, 0.4) is 0 Å². The summed E-state index contributed by atoms with van der Waals surface area (Å²) in [7, 11) is -3.80. The maximum absolute atomic E-state index is 13.1. The average molecular weight is 377 g/mol. The van der Waals surface area contributed by atoms with Gasteiger partial charge in [0, 0.05) is 19.9 Å². The summed E-state index contributed by atoms with van der Waals surface area (Å²) in [4.78, 5) is 12.5. The largest absolute Gasteiger partial charge is 0.593 e. The van der Waals surface area contributed by atoms with Gasteiger partial charge in [0.2, 0.25) is 4.90 Å². The summed E-state index contributed by atoms with van der Waals surface area (Å²) < 4.78 is 38.6. The summed E-state index contributed by atoms with van der Waals surface area (Å²) in [6, 6.07) is 6.94. The van der Waals surface area contributed by atoms with Crippen LogP contribution in [0.5, 0.6) is 5.75 Å². The van der Waals surface area contributed by atoms with E-state index in [0.717, 1.165) is 0 Å². The van der Waals surface area contributed by atoms with E-state index in [0.29, 0.717) is 36.4 Å². The van der Waals surface area contributed by atoms with E-state index in [4.69, 9.17) is 9.26 Å². The van der Waals surface area contributed by atoms with E-state index in [1.165, 1.54) is 4.31 Å². The first kappa shape index (κ1) is 17.2. The molecule has 138 valence electrons. The molecule has 0 saturated carbocycles. The van der Waals surface area contributed by atoms with Gasteiger partial charge in [-0.05, 0) is 25.5 Å². The summed E-state index contributed by atoms with van der Waals surface area (Å²) in [5.41, 5.74) is -0.305.